The first kappa shape index (κ1) is 17.5. The Balaban J connectivity index is 1.78. The number of piperidine rings is 1. The van der Waals surface area contributed by atoms with Gasteiger partial charge in [0, 0.05) is 30.6 Å². The zero-order valence-corrected chi connectivity index (χ0v) is 14.5. The molecule has 7 heteroatoms. The molecule has 1 amide bonds. The van der Waals surface area contributed by atoms with Crippen LogP contribution in [0, 0.1) is 17.2 Å². The second-order valence-electron chi connectivity index (χ2n) is 6.06. The van der Waals surface area contributed by atoms with E-state index in [-0.39, 0.29) is 17.5 Å². The number of carbonyl (C=O) groups excluding carboxylic acids is 1. The minimum absolute atomic E-state index is 0.121. The number of anilines is 1. The number of rotatable bonds is 5. The molecule has 1 aliphatic heterocycles. The average molecular weight is 352 g/mol. The van der Waals surface area contributed by atoms with Crippen LogP contribution in [0.4, 0.5) is 5.88 Å². The summed E-state index contributed by atoms with van der Waals surface area (Å²) in [7, 11) is 1.61. The first-order valence-electron chi connectivity index (χ1n) is 8.38. The van der Waals surface area contributed by atoms with E-state index in [1.807, 2.05) is 35.2 Å². The largest absolute Gasteiger partial charge is 0.496 e. The quantitative estimate of drug-likeness (QED) is 0.886. The van der Waals surface area contributed by atoms with Crippen LogP contribution >= 0.6 is 0 Å². The molecule has 1 aromatic carbocycles. The van der Waals surface area contributed by atoms with Gasteiger partial charge in [-0.3, -0.25) is 4.79 Å². The van der Waals surface area contributed by atoms with Gasteiger partial charge >= 0.3 is 0 Å². The van der Waals surface area contributed by atoms with Crippen molar-refractivity contribution in [1.82, 2.24) is 4.98 Å². The van der Waals surface area contributed by atoms with Gasteiger partial charge in [0.25, 0.3) is 0 Å². The highest BCUT2D eigenvalue weighted by Gasteiger charge is 2.27. The lowest BCUT2D eigenvalue weighted by molar-refractivity contribution is -0.122. The van der Waals surface area contributed by atoms with Crippen molar-refractivity contribution in [2.24, 2.45) is 11.7 Å². The number of nitriles is 1. The number of oxazole rings is 1. The number of aromatic nitrogens is 1. The number of carbonyl (C=O) groups is 1. The van der Waals surface area contributed by atoms with E-state index in [4.69, 9.17) is 14.9 Å². The summed E-state index contributed by atoms with van der Waals surface area (Å²) in [5.41, 5.74) is 6.49. The summed E-state index contributed by atoms with van der Waals surface area (Å²) in [5, 5.41) is 9.35. The molecular weight excluding hydrogens is 332 g/mol. The van der Waals surface area contributed by atoms with E-state index in [0.717, 1.165) is 11.3 Å². The molecule has 0 aliphatic carbocycles. The predicted octanol–water partition coefficient (Wildman–Crippen LogP) is 2.43. The number of methoxy groups -OCH3 is 1. The van der Waals surface area contributed by atoms with E-state index in [1.165, 1.54) is 0 Å². The monoisotopic (exact) mass is 352 g/mol. The average Bonchev–Trinajstić information content (AvgIpc) is 3.10. The van der Waals surface area contributed by atoms with Crippen molar-refractivity contribution in [3.05, 3.63) is 41.4 Å². The second-order valence-corrected chi connectivity index (χ2v) is 6.06. The van der Waals surface area contributed by atoms with Gasteiger partial charge in [0.2, 0.25) is 23.4 Å². The Hall–Kier alpha value is -3.27. The molecule has 0 bridgehead atoms. The summed E-state index contributed by atoms with van der Waals surface area (Å²) in [5.74, 6) is 1.13. The number of hydrogen-bond donors (Lipinski definition) is 1. The SMILES string of the molecule is COc1ccccc1/C=C/c1nc(C#N)c(N2CCC(C(N)=O)CC2)o1. The molecule has 0 spiro atoms. The van der Waals surface area contributed by atoms with Gasteiger partial charge < -0.3 is 19.8 Å². The molecule has 1 saturated heterocycles. The van der Waals surface area contributed by atoms with Gasteiger partial charge in [0.1, 0.15) is 11.8 Å². The van der Waals surface area contributed by atoms with E-state index in [9.17, 15) is 10.1 Å². The molecule has 1 aromatic heterocycles. The number of amides is 1. The molecule has 2 aromatic rings. The van der Waals surface area contributed by atoms with Gasteiger partial charge in [-0.15, -0.1) is 0 Å². The minimum Gasteiger partial charge on any atom is -0.496 e. The van der Waals surface area contributed by atoms with E-state index >= 15 is 0 Å². The van der Waals surface area contributed by atoms with Crippen LogP contribution in [0.1, 0.15) is 30.0 Å². The number of nitrogens with zero attached hydrogens (tertiary/aromatic N) is 3. The topological polar surface area (TPSA) is 105 Å². The van der Waals surface area contributed by atoms with Gasteiger partial charge in [-0.2, -0.15) is 10.2 Å². The van der Waals surface area contributed by atoms with Crippen molar-refractivity contribution in [3.63, 3.8) is 0 Å². The van der Waals surface area contributed by atoms with Crippen LogP contribution in [0.3, 0.4) is 0 Å². The second kappa shape index (κ2) is 7.74. The normalized spacial score (nSPS) is 15.2. The summed E-state index contributed by atoms with van der Waals surface area (Å²) in [6.07, 6.45) is 4.83. The highest BCUT2D eigenvalue weighted by atomic mass is 16.5. The van der Waals surface area contributed by atoms with Gasteiger partial charge in [-0.25, -0.2) is 0 Å². The Morgan fingerprint density at radius 2 is 2.12 bits per heavy atom. The summed E-state index contributed by atoms with van der Waals surface area (Å²) >= 11 is 0. The van der Waals surface area contributed by atoms with Crippen LogP contribution in [0.25, 0.3) is 12.2 Å². The lowest BCUT2D eigenvalue weighted by Crippen LogP contribution is -2.38. The minimum atomic E-state index is -0.275. The highest BCUT2D eigenvalue weighted by molar-refractivity contribution is 5.77. The number of benzene rings is 1. The number of primary amides is 1. The Morgan fingerprint density at radius 1 is 1.38 bits per heavy atom. The van der Waals surface area contributed by atoms with Gasteiger partial charge in [0.05, 0.1) is 7.11 Å². The molecule has 26 heavy (non-hydrogen) atoms. The molecule has 1 fully saturated rings. The molecule has 2 heterocycles. The van der Waals surface area contributed by atoms with Crippen molar-refractivity contribution in [2.75, 3.05) is 25.1 Å². The molecule has 7 nitrogen and oxygen atoms in total. The zero-order valence-electron chi connectivity index (χ0n) is 14.5. The van der Waals surface area contributed by atoms with E-state index in [1.54, 1.807) is 13.2 Å². The van der Waals surface area contributed by atoms with Gasteiger partial charge in [-0.05, 0) is 25.0 Å². The summed E-state index contributed by atoms with van der Waals surface area (Å²) < 4.78 is 11.1. The summed E-state index contributed by atoms with van der Waals surface area (Å²) in [6.45, 7) is 1.21. The van der Waals surface area contributed by atoms with Crippen molar-refractivity contribution >= 4 is 23.9 Å². The third-order valence-electron chi connectivity index (χ3n) is 4.46. The fraction of sp³-hybridized carbons (Fsp3) is 0.316. The Labute approximate surface area is 151 Å². The summed E-state index contributed by atoms with van der Waals surface area (Å²) in [6, 6.07) is 9.65. The number of para-hydroxylation sites is 1. The van der Waals surface area contributed by atoms with Crippen molar-refractivity contribution < 1.29 is 13.9 Å². The molecule has 0 radical (unpaired) electrons. The molecule has 0 unspecified atom stereocenters. The van der Waals surface area contributed by atoms with Crippen molar-refractivity contribution in [1.29, 1.82) is 5.26 Å². The van der Waals surface area contributed by atoms with Gasteiger partial charge in [-0.1, -0.05) is 18.2 Å². The molecule has 1 aliphatic rings. The third-order valence-corrected chi connectivity index (χ3v) is 4.46. The molecule has 2 N–H and O–H groups in total. The third kappa shape index (κ3) is 3.70. The fourth-order valence-corrected chi connectivity index (χ4v) is 3.02. The van der Waals surface area contributed by atoms with Gasteiger partial charge in [0.15, 0.2) is 0 Å². The summed E-state index contributed by atoms with van der Waals surface area (Å²) in [4.78, 5) is 17.5. The van der Waals surface area contributed by atoms with Crippen LogP contribution in [0.15, 0.2) is 28.7 Å². The lowest BCUT2D eigenvalue weighted by atomic mass is 9.96. The van der Waals surface area contributed by atoms with Crippen LogP contribution in [0.2, 0.25) is 0 Å². The first-order valence-corrected chi connectivity index (χ1v) is 8.38. The Morgan fingerprint density at radius 3 is 2.77 bits per heavy atom. The maximum absolute atomic E-state index is 11.3. The zero-order chi connectivity index (χ0) is 18.5. The number of ether oxygens (including phenoxy) is 1. The van der Waals surface area contributed by atoms with Crippen molar-refractivity contribution in [2.45, 2.75) is 12.8 Å². The van der Waals surface area contributed by atoms with Crippen LogP contribution in [0.5, 0.6) is 5.75 Å². The molecule has 134 valence electrons. The molecule has 3 rings (SSSR count). The van der Waals surface area contributed by atoms with Crippen LogP contribution in [-0.4, -0.2) is 31.1 Å². The number of nitrogens with two attached hydrogens (primary N) is 1. The predicted molar refractivity (Wildman–Crippen MR) is 97.3 cm³/mol. The fourth-order valence-electron chi connectivity index (χ4n) is 3.02. The van der Waals surface area contributed by atoms with E-state index in [0.29, 0.717) is 37.7 Å². The molecule has 0 atom stereocenters. The first-order chi connectivity index (χ1) is 12.6. The lowest BCUT2D eigenvalue weighted by Gasteiger charge is -2.30. The van der Waals surface area contributed by atoms with E-state index < -0.39 is 0 Å². The van der Waals surface area contributed by atoms with Crippen LogP contribution < -0.4 is 15.4 Å². The number of hydrogen-bond acceptors (Lipinski definition) is 6. The van der Waals surface area contributed by atoms with E-state index in [2.05, 4.69) is 11.1 Å². The molecular formula is C19H20N4O3. The molecule has 0 saturated carbocycles. The maximum Gasteiger partial charge on any atom is 0.235 e. The smallest absolute Gasteiger partial charge is 0.235 e. The Kier molecular flexibility index (Phi) is 5.23. The standard InChI is InChI=1S/C19H20N4O3/c1-25-16-5-3-2-4-13(16)6-7-17-22-15(12-20)19(26-17)23-10-8-14(9-11-23)18(21)24/h2-7,14H,8-11H2,1H3,(H2,21,24)/b7-6+. The Bertz CT molecular complexity index is 858. The highest BCUT2D eigenvalue weighted by Crippen LogP contribution is 2.28. The van der Waals surface area contributed by atoms with Crippen molar-refractivity contribution in [3.8, 4) is 11.8 Å². The maximum atomic E-state index is 11.3. The van der Waals surface area contributed by atoms with Crippen LogP contribution in [-0.2, 0) is 4.79 Å².